The largest absolute Gasteiger partial charge is 0.351 e. The summed E-state index contributed by atoms with van der Waals surface area (Å²) in [6, 6.07) is 7.56. The van der Waals surface area contributed by atoms with E-state index in [1.54, 1.807) is 0 Å². The first-order valence-corrected chi connectivity index (χ1v) is 9.05. The van der Waals surface area contributed by atoms with Crippen molar-refractivity contribution in [2.24, 2.45) is 0 Å². The van der Waals surface area contributed by atoms with E-state index in [9.17, 15) is 9.59 Å². The maximum absolute atomic E-state index is 13.0. The standard InChI is InChI=1S/C19H25N5O2/c1-4-24-13(2)11-17(22-24)19(26)23-10-6-9-18(23)16-8-5-7-15(21-16)12-20-14(3)25/h5,7-8,11,18H,4,6,9-10,12H2,1-3H3,(H,20,25)/t18-/m1/s1. The number of likely N-dealkylation sites (tertiary alicyclic amines) is 1. The van der Waals surface area contributed by atoms with Crippen LogP contribution in [0.2, 0.25) is 0 Å². The monoisotopic (exact) mass is 355 g/mol. The Kier molecular flexibility index (Phi) is 5.35. The van der Waals surface area contributed by atoms with E-state index in [4.69, 9.17) is 0 Å². The van der Waals surface area contributed by atoms with Gasteiger partial charge in [0.1, 0.15) is 0 Å². The first-order valence-electron chi connectivity index (χ1n) is 9.05. The van der Waals surface area contributed by atoms with Gasteiger partial charge >= 0.3 is 0 Å². The molecule has 1 N–H and O–H groups in total. The van der Waals surface area contributed by atoms with E-state index in [-0.39, 0.29) is 17.9 Å². The Labute approximate surface area is 153 Å². The Bertz CT molecular complexity index is 814. The van der Waals surface area contributed by atoms with Crippen molar-refractivity contribution < 1.29 is 9.59 Å². The molecule has 3 rings (SSSR count). The van der Waals surface area contributed by atoms with Gasteiger partial charge in [0, 0.05) is 25.7 Å². The molecular weight excluding hydrogens is 330 g/mol. The summed E-state index contributed by atoms with van der Waals surface area (Å²) in [6.45, 7) is 7.30. The van der Waals surface area contributed by atoms with Crippen molar-refractivity contribution in [1.82, 2.24) is 25.0 Å². The summed E-state index contributed by atoms with van der Waals surface area (Å²) in [5, 5.41) is 7.18. The van der Waals surface area contributed by atoms with Crippen LogP contribution in [0, 0.1) is 6.92 Å². The molecule has 138 valence electrons. The van der Waals surface area contributed by atoms with Crippen molar-refractivity contribution in [2.45, 2.75) is 52.7 Å². The molecule has 7 heteroatoms. The summed E-state index contributed by atoms with van der Waals surface area (Å²) < 4.78 is 1.84. The Morgan fingerprint density at radius 3 is 2.85 bits per heavy atom. The smallest absolute Gasteiger partial charge is 0.274 e. The summed E-state index contributed by atoms with van der Waals surface area (Å²) >= 11 is 0. The van der Waals surface area contributed by atoms with Gasteiger partial charge in [-0.05, 0) is 44.9 Å². The van der Waals surface area contributed by atoms with E-state index in [1.165, 1.54) is 6.92 Å². The van der Waals surface area contributed by atoms with Gasteiger partial charge in [0.2, 0.25) is 5.91 Å². The second-order valence-electron chi connectivity index (χ2n) is 6.61. The minimum atomic E-state index is -0.0863. The topological polar surface area (TPSA) is 80.1 Å². The van der Waals surface area contributed by atoms with Crippen molar-refractivity contribution in [2.75, 3.05) is 6.54 Å². The van der Waals surface area contributed by atoms with Gasteiger partial charge < -0.3 is 10.2 Å². The molecule has 0 aliphatic carbocycles. The van der Waals surface area contributed by atoms with Gasteiger partial charge in [0.25, 0.3) is 5.91 Å². The second kappa shape index (κ2) is 7.68. The first kappa shape index (κ1) is 18.1. The molecule has 1 saturated heterocycles. The van der Waals surface area contributed by atoms with Gasteiger partial charge in [-0.15, -0.1) is 0 Å². The van der Waals surface area contributed by atoms with Crippen LogP contribution in [0.3, 0.4) is 0 Å². The number of hydrogen-bond donors (Lipinski definition) is 1. The minimum absolute atomic E-state index is 0.0446. The number of carbonyl (C=O) groups is 2. The van der Waals surface area contributed by atoms with Crippen molar-refractivity contribution >= 4 is 11.8 Å². The maximum atomic E-state index is 13.0. The van der Waals surface area contributed by atoms with Crippen molar-refractivity contribution in [3.05, 3.63) is 47.0 Å². The quantitative estimate of drug-likeness (QED) is 0.892. The average Bonchev–Trinajstić information content (AvgIpc) is 3.26. The lowest BCUT2D eigenvalue weighted by atomic mass is 10.1. The zero-order valence-electron chi connectivity index (χ0n) is 15.5. The normalized spacial score (nSPS) is 16.7. The SMILES string of the molecule is CCn1nc(C(=O)N2CCC[C@@H]2c2cccc(CNC(C)=O)n2)cc1C. The van der Waals surface area contributed by atoms with Crippen LogP contribution in [0.5, 0.6) is 0 Å². The van der Waals surface area contributed by atoms with E-state index >= 15 is 0 Å². The van der Waals surface area contributed by atoms with E-state index in [2.05, 4.69) is 15.4 Å². The number of hydrogen-bond acceptors (Lipinski definition) is 4. The van der Waals surface area contributed by atoms with Crippen LogP contribution in [0.25, 0.3) is 0 Å². The highest BCUT2D eigenvalue weighted by atomic mass is 16.2. The van der Waals surface area contributed by atoms with E-state index in [0.29, 0.717) is 18.8 Å². The Morgan fingerprint density at radius 2 is 2.15 bits per heavy atom. The molecule has 1 atom stereocenters. The summed E-state index contributed by atoms with van der Waals surface area (Å²) in [4.78, 5) is 30.6. The van der Waals surface area contributed by atoms with Gasteiger partial charge in [-0.25, -0.2) is 0 Å². The number of aryl methyl sites for hydroxylation is 2. The average molecular weight is 355 g/mol. The first-order chi connectivity index (χ1) is 12.5. The third-order valence-corrected chi connectivity index (χ3v) is 4.70. The minimum Gasteiger partial charge on any atom is -0.351 e. The molecule has 1 aliphatic heterocycles. The predicted octanol–water partition coefficient (Wildman–Crippen LogP) is 2.22. The Morgan fingerprint density at radius 1 is 1.35 bits per heavy atom. The molecule has 0 unspecified atom stereocenters. The number of aromatic nitrogens is 3. The molecule has 0 spiro atoms. The Hall–Kier alpha value is -2.70. The molecule has 2 aromatic heterocycles. The lowest BCUT2D eigenvalue weighted by Gasteiger charge is -2.24. The van der Waals surface area contributed by atoms with Crippen molar-refractivity contribution in [3.8, 4) is 0 Å². The van der Waals surface area contributed by atoms with Gasteiger partial charge in [0.05, 0.1) is 24.0 Å². The molecule has 2 amide bonds. The number of carbonyl (C=O) groups excluding carboxylic acids is 2. The highest BCUT2D eigenvalue weighted by Gasteiger charge is 2.32. The van der Waals surface area contributed by atoms with Crippen molar-refractivity contribution in [1.29, 1.82) is 0 Å². The third-order valence-electron chi connectivity index (χ3n) is 4.70. The van der Waals surface area contributed by atoms with Crippen LogP contribution in [0.4, 0.5) is 0 Å². The Balaban J connectivity index is 1.80. The fraction of sp³-hybridized carbons (Fsp3) is 0.474. The lowest BCUT2D eigenvalue weighted by Crippen LogP contribution is -2.31. The zero-order valence-corrected chi connectivity index (χ0v) is 15.5. The molecule has 1 aliphatic rings. The van der Waals surface area contributed by atoms with Gasteiger partial charge in [-0.1, -0.05) is 6.07 Å². The molecule has 0 saturated carbocycles. The summed E-state index contributed by atoms with van der Waals surface area (Å²) in [5.74, 6) is -0.131. The summed E-state index contributed by atoms with van der Waals surface area (Å²) in [6.07, 6.45) is 1.83. The second-order valence-corrected chi connectivity index (χ2v) is 6.61. The van der Waals surface area contributed by atoms with Crippen LogP contribution in [0.1, 0.15) is 60.3 Å². The molecule has 7 nitrogen and oxygen atoms in total. The number of rotatable bonds is 5. The van der Waals surface area contributed by atoms with E-state index < -0.39 is 0 Å². The predicted molar refractivity (Wildman–Crippen MR) is 97.4 cm³/mol. The number of nitrogens with one attached hydrogen (secondary N) is 1. The fourth-order valence-electron chi connectivity index (χ4n) is 3.40. The molecule has 2 aromatic rings. The molecular formula is C19H25N5O2. The van der Waals surface area contributed by atoms with Crippen LogP contribution < -0.4 is 5.32 Å². The fourth-order valence-corrected chi connectivity index (χ4v) is 3.40. The van der Waals surface area contributed by atoms with Crippen LogP contribution in [0.15, 0.2) is 24.3 Å². The summed E-state index contributed by atoms with van der Waals surface area (Å²) in [5.41, 5.74) is 3.14. The lowest BCUT2D eigenvalue weighted by molar-refractivity contribution is -0.119. The van der Waals surface area contributed by atoms with E-state index in [1.807, 2.05) is 47.7 Å². The van der Waals surface area contributed by atoms with Gasteiger partial charge in [-0.3, -0.25) is 19.3 Å². The van der Waals surface area contributed by atoms with Crippen LogP contribution in [-0.4, -0.2) is 38.0 Å². The molecule has 0 radical (unpaired) electrons. The maximum Gasteiger partial charge on any atom is 0.274 e. The van der Waals surface area contributed by atoms with Crippen LogP contribution >= 0.6 is 0 Å². The number of nitrogens with zero attached hydrogens (tertiary/aromatic N) is 4. The molecule has 0 aromatic carbocycles. The third kappa shape index (κ3) is 3.76. The zero-order chi connectivity index (χ0) is 18.7. The molecule has 3 heterocycles. The molecule has 1 fully saturated rings. The van der Waals surface area contributed by atoms with Crippen LogP contribution in [-0.2, 0) is 17.9 Å². The highest BCUT2D eigenvalue weighted by molar-refractivity contribution is 5.92. The van der Waals surface area contributed by atoms with Gasteiger partial charge in [0.15, 0.2) is 5.69 Å². The number of pyridine rings is 1. The molecule has 26 heavy (non-hydrogen) atoms. The highest BCUT2D eigenvalue weighted by Crippen LogP contribution is 2.32. The van der Waals surface area contributed by atoms with E-state index in [0.717, 1.165) is 36.5 Å². The van der Waals surface area contributed by atoms with Gasteiger partial charge in [-0.2, -0.15) is 5.10 Å². The van der Waals surface area contributed by atoms with Crippen molar-refractivity contribution in [3.63, 3.8) is 0 Å². The summed E-state index contributed by atoms with van der Waals surface area (Å²) in [7, 11) is 0. The molecule has 0 bridgehead atoms. The number of amides is 2.